The maximum absolute atomic E-state index is 11.4. The summed E-state index contributed by atoms with van der Waals surface area (Å²) < 4.78 is 4.51. The number of nitrogens with two attached hydrogens (primary N) is 1. The number of methoxy groups -OCH3 is 1. The molecule has 0 aliphatic heterocycles. The Bertz CT molecular complexity index is 446. The molecule has 1 atom stereocenters. The highest BCUT2D eigenvalue weighted by atomic mass is 16.6. The van der Waals surface area contributed by atoms with E-state index in [4.69, 9.17) is 5.73 Å². The van der Waals surface area contributed by atoms with Crippen LogP contribution in [0.15, 0.2) is 18.2 Å². The van der Waals surface area contributed by atoms with Crippen LogP contribution in [0, 0.1) is 10.1 Å². The van der Waals surface area contributed by atoms with Crippen LogP contribution in [0.5, 0.6) is 5.75 Å². The Morgan fingerprint density at radius 3 is 2.76 bits per heavy atom. The second kappa shape index (κ2) is 5.26. The number of phenolic OH excluding ortho intramolecular Hbond substituents is 1. The van der Waals surface area contributed by atoms with Crippen LogP contribution in [0.1, 0.15) is 11.5 Å². The number of non-ortho nitro benzene ring substituents is 1. The molecular weight excluding hydrogens is 228 g/mol. The van der Waals surface area contributed by atoms with Gasteiger partial charge in [-0.3, -0.25) is 14.9 Å². The average Bonchev–Trinajstić information content (AvgIpc) is 2.31. The number of hydrogen-bond donors (Lipinski definition) is 2. The number of nitro benzene ring substituents is 1. The Hall–Kier alpha value is -2.15. The van der Waals surface area contributed by atoms with E-state index in [2.05, 4.69) is 4.74 Å². The topological polar surface area (TPSA) is 116 Å². The molecule has 0 fully saturated rings. The molecule has 92 valence electrons. The van der Waals surface area contributed by atoms with Gasteiger partial charge in [0, 0.05) is 24.2 Å². The quantitative estimate of drug-likeness (QED) is 0.450. The highest BCUT2D eigenvalue weighted by Crippen LogP contribution is 2.29. The van der Waals surface area contributed by atoms with Crippen molar-refractivity contribution in [3.05, 3.63) is 33.9 Å². The van der Waals surface area contributed by atoms with Crippen molar-refractivity contribution < 1.29 is 19.6 Å². The molecule has 0 saturated heterocycles. The number of rotatable bonds is 4. The number of carbonyl (C=O) groups is 1. The summed E-state index contributed by atoms with van der Waals surface area (Å²) in [7, 11) is 1.18. The Morgan fingerprint density at radius 2 is 2.29 bits per heavy atom. The Morgan fingerprint density at radius 1 is 1.65 bits per heavy atom. The molecule has 3 N–H and O–H groups in total. The first kappa shape index (κ1) is 12.9. The number of ether oxygens (including phenoxy) is 1. The zero-order valence-electron chi connectivity index (χ0n) is 9.12. The molecule has 1 unspecified atom stereocenters. The molecule has 0 radical (unpaired) electrons. The summed E-state index contributed by atoms with van der Waals surface area (Å²) >= 11 is 0. The first-order chi connectivity index (χ1) is 8.01. The van der Waals surface area contributed by atoms with Gasteiger partial charge in [-0.25, -0.2) is 0 Å². The number of phenols is 1. The van der Waals surface area contributed by atoms with Crippen molar-refractivity contribution in [1.82, 2.24) is 0 Å². The van der Waals surface area contributed by atoms with Gasteiger partial charge < -0.3 is 15.6 Å². The van der Waals surface area contributed by atoms with Crippen LogP contribution in [0.2, 0.25) is 0 Å². The van der Waals surface area contributed by atoms with Crippen molar-refractivity contribution in [2.24, 2.45) is 5.73 Å². The predicted octanol–water partition coefficient (Wildman–Crippen LogP) is 0.516. The zero-order chi connectivity index (χ0) is 13.0. The van der Waals surface area contributed by atoms with E-state index in [1.54, 1.807) is 0 Å². The number of nitro groups is 1. The van der Waals surface area contributed by atoms with Gasteiger partial charge in [-0.15, -0.1) is 0 Å². The molecule has 7 nitrogen and oxygen atoms in total. The smallest absolute Gasteiger partial charge is 0.314 e. The molecule has 1 rings (SSSR count). The molecule has 0 amide bonds. The minimum Gasteiger partial charge on any atom is -0.508 e. The first-order valence-corrected chi connectivity index (χ1v) is 4.76. The molecular formula is C10H12N2O5. The molecule has 0 saturated carbocycles. The SMILES string of the molecule is COC(=O)C(CN)c1cc([N+](=O)[O-])ccc1O. The summed E-state index contributed by atoms with van der Waals surface area (Å²) in [5.41, 5.74) is 5.26. The fraction of sp³-hybridized carbons (Fsp3) is 0.300. The summed E-state index contributed by atoms with van der Waals surface area (Å²) in [6.07, 6.45) is 0. The molecule has 0 aliphatic rings. The molecule has 1 aromatic rings. The number of benzene rings is 1. The summed E-state index contributed by atoms with van der Waals surface area (Å²) in [4.78, 5) is 21.4. The van der Waals surface area contributed by atoms with Gasteiger partial charge in [0.2, 0.25) is 0 Å². The Kier molecular flexibility index (Phi) is 4.00. The minimum absolute atomic E-state index is 0.0913. The van der Waals surface area contributed by atoms with Crippen LogP contribution in [-0.4, -0.2) is 29.7 Å². The Labute approximate surface area is 97.0 Å². The molecule has 17 heavy (non-hydrogen) atoms. The molecule has 0 heterocycles. The summed E-state index contributed by atoms with van der Waals surface area (Å²) in [6.45, 7) is -0.110. The van der Waals surface area contributed by atoms with Crippen molar-refractivity contribution in [3.63, 3.8) is 0 Å². The van der Waals surface area contributed by atoms with E-state index >= 15 is 0 Å². The van der Waals surface area contributed by atoms with E-state index in [1.165, 1.54) is 7.11 Å². The number of carbonyl (C=O) groups excluding carboxylic acids is 1. The van der Waals surface area contributed by atoms with Crippen LogP contribution in [-0.2, 0) is 9.53 Å². The van der Waals surface area contributed by atoms with Gasteiger partial charge >= 0.3 is 5.97 Å². The highest BCUT2D eigenvalue weighted by molar-refractivity contribution is 5.79. The van der Waals surface area contributed by atoms with E-state index in [1.807, 2.05) is 0 Å². The van der Waals surface area contributed by atoms with E-state index in [0.29, 0.717) is 0 Å². The summed E-state index contributed by atoms with van der Waals surface area (Å²) in [6, 6.07) is 3.41. The monoisotopic (exact) mass is 240 g/mol. The molecule has 0 spiro atoms. The van der Waals surface area contributed by atoms with Crippen molar-refractivity contribution in [2.45, 2.75) is 5.92 Å². The number of esters is 1. The second-order valence-corrected chi connectivity index (χ2v) is 3.31. The lowest BCUT2D eigenvalue weighted by Gasteiger charge is -2.13. The van der Waals surface area contributed by atoms with E-state index in [9.17, 15) is 20.0 Å². The fourth-order valence-corrected chi connectivity index (χ4v) is 1.43. The molecule has 0 bridgehead atoms. The van der Waals surface area contributed by atoms with Gasteiger partial charge in [-0.2, -0.15) is 0 Å². The van der Waals surface area contributed by atoms with Crippen LogP contribution >= 0.6 is 0 Å². The average molecular weight is 240 g/mol. The van der Waals surface area contributed by atoms with E-state index < -0.39 is 16.8 Å². The largest absolute Gasteiger partial charge is 0.508 e. The van der Waals surface area contributed by atoms with Gasteiger partial charge in [0.1, 0.15) is 5.75 Å². The predicted molar refractivity (Wildman–Crippen MR) is 58.6 cm³/mol. The van der Waals surface area contributed by atoms with E-state index in [-0.39, 0.29) is 23.5 Å². The van der Waals surface area contributed by atoms with Crippen molar-refractivity contribution in [1.29, 1.82) is 0 Å². The van der Waals surface area contributed by atoms with Crippen molar-refractivity contribution in [3.8, 4) is 5.75 Å². The standard InChI is InChI=1S/C10H12N2O5/c1-17-10(14)8(5-11)7-4-6(12(15)16)2-3-9(7)13/h2-4,8,13H,5,11H2,1H3. The van der Waals surface area contributed by atoms with Gasteiger partial charge in [-0.05, 0) is 6.07 Å². The van der Waals surface area contributed by atoms with Crippen LogP contribution in [0.25, 0.3) is 0 Å². The fourth-order valence-electron chi connectivity index (χ4n) is 1.43. The third-order valence-electron chi connectivity index (χ3n) is 2.32. The number of hydrogen-bond acceptors (Lipinski definition) is 6. The van der Waals surface area contributed by atoms with Crippen LogP contribution in [0.3, 0.4) is 0 Å². The van der Waals surface area contributed by atoms with Gasteiger partial charge in [-0.1, -0.05) is 0 Å². The van der Waals surface area contributed by atoms with Gasteiger partial charge in [0.15, 0.2) is 0 Å². The maximum atomic E-state index is 11.4. The van der Waals surface area contributed by atoms with Crippen molar-refractivity contribution in [2.75, 3.05) is 13.7 Å². The molecule has 0 aliphatic carbocycles. The van der Waals surface area contributed by atoms with Crippen molar-refractivity contribution >= 4 is 11.7 Å². The molecule has 7 heteroatoms. The third-order valence-corrected chi connectivity index (χ3v) is 2.32. The number of aromatic hydroxyl groups is 1. The minimum atomic E-state index is -0.917. The molecule has 1 aromatic carbocycles. The normalized spacial score (nSPS) is 11.9. The Balaban J connectivity index is 3.22. The maximum Gasteiger partial charge on any atom is 0.314 e. The van der Waals surface area contributed by atoms with Gasteiger partial charge in [0.25, 0.3) is 5.69 Å². The van der Waals surface area contributed by atoms with Crippen LogP contribution < -0.4 is 5.73 Å². The molecule has 0 aromatic heterocycles. The summed E-state index contributed by atoms with van der Waals surface area (Å²) in [5, 5.41) is 20.2. The number of nitrogens with zero attached hydrogens (tertiary/aromatic N) is 1. The second-order valence-electron chi connectivity index (χ2n) is 3.31. The third kappa shape index (κ3) is 2.70. The first-order valence-electron chi connectivity index (χ1n) is 4.76. The summed E-state index contributed by atoms with van der Waals surface area (Å²) in [5.74, 6) is -1.79. The lowest BCUT2D eigenvalue weighted by atomic mass is 9.98. The van der Waals surface area contributed by atoms with Gasteiger partial charge in [0.05, 0.1) is 18.0 Å². The van der Waals surface area contributed by atoms with Crippen LogP contribution in [0.4, 0.5) is 5.69 Å². The van der Waals surface area contributed by atoms with E-state index in [0.717, 1.165) is 18.2 Å². The lowest BCUT2D eigenvalue weighted by Crippen LogP contribution is -2.23. The lowest BCUT2D eigenvalue weighted by molar-refractivity contribution is -0.384. The zero-order valence-corrected chi connectivity index (χ0v) is 9.12. The highest BCUT2D eigenvalue weighted by Gasteiger charge is 2.24.